The van der Waals surface area contributed by atoms with Crippen LogP contribution in [-0.4, -0.2) is 36.7 Å². The molecule has 1 fully saturated rings. The van der Waals surface area contributed by atoms with Crippen molar-refractivity contribution in [3.63, 3.8) is 0 Å². The first-order valence-electron chi connectivity index (χ1n) is 7.89. The molecule has 0 aliphatic carbocycles. The summed E-state index contributed by atoms with van der Waals surface area (Å²) in [6, 6.07) is 7.19. The molecule has 3 rings (SSSR count). The normalized spacial score (nSPS) is 18.3. The fraction of sp³-hybridized carbons (Fsp3) is 0.412. The van der Waals surface area contributed by atoms with Crippen LogP contribution in [0.3, 0.4) is 0 Å². The molecule has 2 atom stereocenters. The third-order valence-corrected chi connectivity index (χ3v) is 5.30. The average molecular weight is 402 g/mol. The second kappa shape index (κ2) is 8.96. The molecule has 0 radical (unpaired) electrons. The van der Waals surface area contributed by atoms with Crippen LogP contribution < -0.4 is 10.6 Å². The smallest absolute Gasteiger partial charge is 0.240 e. The Kier molecular flexibility index (Phi) is 7.22. The summed E-state index contributed by atoms with van der Waals surface area (Å²) in [6.07, 6.45) is 0. The Balaban J connectivity index is 0.00000225. The highest BCUT2D eigenvalue weighted by molar-refractivity contribution is 7.12. The van der Waals surface area contributed by atoms with Crippen molar-refractivity contribution in [1.82, 2.24) is 15.6 Å². The van der Waals surface area contributed by atoms with Crippen molar-refractivity contribution in [2.45, 2.75) is 25.9 Å². The number of aryl methyl sites for hydroxylation is 1. The maximum Gasteiger partial charge on any atom is 0.240 e. The van der Waals surface area contributed by atoms with Gasteiger partial charge in [0.15, 0.2) is 0 Å². The number of carbonyl (C=O) groups excluding carboxylic acids is 1. The van der Waals surface area contributed by atoms with E-state index in [0.29, 0.717) is 24.8 Å². The second-order valence-corrected chi connectivity index (χ2v) is 7.45. The molecule has 1 saturated heterocycles. The Labute approximate surface area is 162 Å². The predicted octanol–water partition coefficient (Wildman–Crippen LogP) is 3.36. The number of nitrogens with one attached hydrogen (secondary N) is 2. The van der Waals surface area contributed by atoms with E-state index in [9.17, 15) is 4.79 Å². The lowest BCUT2D eigenvalue weighted by Crippen LogP contribution is -2.51. The number of ether oxygens (including phenoxy) is 1. The summed E-state index contributed by atoms with van der Waals surface area (Å²) in [5, 5.41) is 7.76. The minimum Gasteiger partial charge on any atom is -0.378 e. The van der Waals surface area contributed by atoms with E-state index in [1.807, 2.05) is 38.1 Å². The van der Waals surface area contributed by atoms with E-state index >= 15 is 0 Å². The highest BCUT2D eigenvalue weighted by Crippen LogP contribution is 2.31. The molecule has 1 aromatic heterocycles. The number of nitrogens with zero attached hydrogens (tertiary/aromatic N) is 1. The van der Waals surface area contributed by atoms with Crippen molar-refractivity contribution in [3.05, 3.63) is 39.2 Å². The van der Waals surface area contributed by atoms with Gasteiger partial charge in [0.25, 0.3) is 0 Å². The first-order valence-corrected chi connectivity index (χ1v) is 9.09. The highest BCUT2D eigenvalue weighted by Gasteiger charge is 2.24. The first-order chi connectivity index (χ1) is 11.5. The summed E-state index contributed by atoms with van der Waals surface area (Å²) in [7, 11) is 0. The molecule has 8 heteroatoms. The van der Waals surface area contributed by atoms with Crippen molar-refractivity contribution in [3.8, 4) is 11.3 Å². The molecule has 5 nitrogen and oxygen atoms in total. The molecule has 2 unspecified atom stereocenters. The van der Waals surface area contributed by atoms with Gasteiger partial charge in [-0.3, -0.25) is 4.79 Å². The van der Waals surface area contributed by atoms with Crippen molar-refractivity contribution in [2.75, 3.05) is 19.8 Å². The number of halogens is 2. The Morgan fingerprint density at radius 1 is 1.44 bits per heavy atom. The van der Waals surface area contributed by atoms with Crippen molar-refractivity contribution < 1.29 is 9.53 Å². The van der Waals surface area contributed by atoms with Gasteiger partial charge in [-0.1, -0.05) is 23.7 Å². The van der Waals surface area contributed by atoms with Crippen LogP contribution in [0.4, 0.5) is 0 Å². The van der Waals surface area contributed by atoms with Gasteiger partial charge in [0.1, 0.15) is 11.0 Å². The average Bonchev–Trinajstić information content (AvgIpc) is 2.98. The molecule has 136 valence electrons. The number of morpholine rings is 1. The Morgan fingerprint density at radius 3 is 2.80 bits per heavy atom. The summed E-state index contributed by atoms with van der Waals surface area (Å²) in [5.41, 5.74) is 1.96. The van der Waals surface area contributed by atoms with E-state index in [1.165, 1.54) is 0 Å². The van der Waals surface area contributed by atoms with E-state index in [-0.39, 0.29) is 30.4 Å². The van der Waals surface area contributed by atoms with Crippen LogP contribution in [0.25, 0.3) is 11.3 Å². The Hall–Kier alpha value is -1.18. The van der Waals surface area contributed by atoms with Crippen LogP contribution in [-0.2, 0) is 9.53 Å². The molecule has 25 heavy (non-hydrogen) atoms. The molecular weight excluding hydrogens is 381 g/mol. The van der Waals surface area contributed by atoms with Crippen LogP contribution >= 0.6 is 35.3 Å². The van der Waals surface area contributed by atoms with E-state index < -0.39 is 0 Å². The van der Waals surface area contributed by atoms with Crippen LogP contribution in [0.15, 0.2) is 24.3 Å². The predicted molar refractivity (Wildman–Crippen MR) is 104 cm³/mol. The van der Waals surface area contributed by atoms with Crippen LogP contribution in [0.2, 0.25) is 5.02 Å². The lowest BCUT2D eigenvalue weighted by atomic mass is 10.1. The Bertz CT molecular complexity index is 715. The molecule has 2 N–H and O–H groups in total. The van der Waals surface area contributed by atoms with Crippen LogP contribution in [0.5, 0.6) is 0 Å². The molecule has 2 heterocycles. The van der Waals surface area contributed by atoms with Crippen molar-refractivity contribution in [1.29, 1.82) is 0 Å². The van der Waals surface area contributed by atoms with Crippen molar-refractivity contribution in [2.24, 2.45) is 0 Å². The number of hydrogen-bond donors (Lipinski definition) is 2. The zero-order valence-electron chi connectivity index (χ0n) is 14.0. The molecule has 1 aromatic carbocycles. The van der Waals surface area contributed by atoms with E-state index in [1.54, 1.807) is 11.3 Å². The quantitative estimate of drug-likeness (QED) is 0.824. The van der Waals surface area contributed by atoms with Gasteiger partial charge in [-0.2, -0.15) is 0 Å². The third kappa shape index (κ3) is 4.92. The Morgan fingerprint density at radius 2 is 2.16 bits per heavy atom. The maximum atomic E-state index is 12.3. The fourth-order valence-electron chi connectivity index (χ4n) is 2.59. The number of rotatable bonds is 4. The number of aromatic nitrogens is 1. The zero-order chi connectivity index (χ0) is 17.1. The van der Waals surface area contributed by atoms with Crippen LogP contribution in [0, 0.1) is 6.92 Å². The molecule has 1 aliphatic heterocycles. The summed E-state index contributed by atoms with van der Waals surface area (Å²) < 4.78 is 5.33. The highest BCUT2D eigenvalue weighted by atomic mass is 35.5. The second-order valence-electron chi connectivity index (χ2n) is 5.78. The van der Waals surface area contributed by atoms with Gasteiger partial charge >= 0.3 is 0 Å². The number of thiazole rings is 1. The largest absolute Gasteiger partial charge is 0.378 e. The lowest BCUT2D eigenvalue weighted by molar-refractivity contribution is -0.126. The molecule has 1 aliphatic rings. The molecule has 0 spiro atoms. The van der Waals surface area contributed by atoms with E-state index in [4.69, 9.17) is 21.3 Å². The number of hydrogen-bond acceptors (Lipinski definition) is 5. The molecule has 0 saturated carbocycles. The third-order valence-electron chi connectivity index (χ3n) is 3.90. The summed E-state index contributed by atoms with van der Waals surface area (Å²) in [4.78, 5) is 18.1. The van der Waals surface area contributed by atoms with E-state index in [0.717, 1.165) is 21.1 Å². The first kappa shape index (κ1) is 20.1. The van der Waals surface area contributed by atoms with Gasteiger partial charge in [0, 0.05) is 22.0 Å². The summed E-state index contributed by atoms with van der Waals surface area (Å²) in [5.74, 6) is -0.0527. The monoisotopic (exact) mass is 401 g/mol. The lowest BCUT2D eigenvalue weighted by Gasteiger charge is -2.24. The summed E-state index contributed by atoms with van der Waals surface area (Å²) in [6.45, 7) is 5.74. The SMILES string of the molecule is Cc1sc(C(C)NC(=O)C2COCCN2)nc1-c1ccc(Cl)cc1.Cl. The van der Waals surface area contributed by atoms with Gasteiger partial charge in [0.05, 0.1) is 24.9 Å². The van der Waals surface area contributed by atoms with Crippen LogP contribution in [0.1, 0.15) is 22.9 Å². The van der Waals surface area contributed by atoms with Gasteiger partial charge in [-0.15, -0.1) is 23.7 Å². The molecule has 2 aromatic rings. The minimum atomic E-state index is -0.294. The maximum absolute atomic E-state index is 12.3. The topological polar surface area (TPSA) is 63.2 Å². The van der Waals surface area contributed by atoms with Gasteiger partial charge < -0.3 is 15.4 Å². The fourth-order valence-corrected chi connectivity index (χ4v) is 3.66. The number of carbonyl (C=O) groups is 1. The van der Waals surface area contributed by atoms with Crippen molar-refractivity contribution >= 4 is 41.3 Å². The number of amides is 1. The van der Waals surface area contributed by atoms with Gasteiger partial charge in [0.2, 0.25) is 5.91 Å². The van der Waals surface area contributed by atoms with Gasteiger partial charge in [-0.25, -0.2) is 4.98 Å². The molecular formula is C17H21Cl2N3O2S. The van der Waals surface area contributed by atoms with Gasteiger partial charge in [-0.05, 0) is 26.0 Å². The molecule has 0 bridgehead atoms. The zero-order valence-corrected chi connectivity index (χ0v) is 16.4. The number of benzene rings is 1. The molecule has 1 amide bonds. The minimum absolute atomic E-state index is 0. The van der Waals surface area contributed by atoms with E-state index in [2.05, 4.69) is 10.6 Å². The standard InChI is InChI=1S/C17H20ClN3O2S.ClH/c1-10(20-16(22)14-9-23-8-7-19-14)17-21-15(11(2)24-17)12-3-5-13(18)6-4-12;/h3-6,10,14,19H,7-9H2,1-2H3,(H,20,22);1H. The summed E-state index contributed by atoms with van der Waals surface area (Å²) >= 11 is 7.54.